The molecule has 0 saturated carbocycles. The predicted molar refractivity (Wildman–Crippen MR) is 68.1 cm³/mol. The summed E-state index contributed by atoms with van der Waals surface area (Å²) >= 11 is 0. The van der Waals surface area contributed by atoms with E-state index in [1.54, 1.807) is 25.3 Å². The van der Waals surface area contributed by atoms with Gasteiger partial charge in [-0.05, 0) is 49.2 Å². The first-order valence-electron chi connectivity index (χ1n) is 5.77. The number of aryl methyl sites for hydroxylation is 2. The third-order valence-corrected chi connectivity index (χ3v) is 2.89. The number of Topliss-reactive ketones (excluding diaryl/α,β-unsaturated/α-hetero) is 1. The number of hydrogen-bond donors (Lipinski definition) is 0. The summed E-state index contributed by atoms with van der Waals surface area (Å²) in [5.41, 5.74) is 3.11. The summed E-state index contributed by atoms with van der Waals surface area (Å²) in [5.74, 6) is -0.280. The van der Waals surface area contributed by atoms with Crippen molar-refractivity contribution in [3.8, 4) is 0 Å². The highest BCUT2D eigenvalue weighted by Crippen LogP contribution is 2.13. The van der Waals surface area contributed by atoms with Gasteiger partial charge in [0.2, 0.25) is 0 Å². The summed E-state index contributed by atoms with van der Waals surface area (Å²) in [6.07, 6.45) is 1.85. The van der Waals surface area contributed by atoms with Crippen LogP contribution < -0.4 is 0 Å². The van der Waals surface area contributed by atoms with Gasteiger partial charge in [0.05, 0.1) is 0 Å². The number of pyridine rings is 1. The Hall–Kier alpha value is -2.03. The van der Waals surface area contributed by atoms with Gasteiger partial charge in [-0.2, -0.15) is 0 Å². The zero-order valence-corrected chi connectivity index (χ0v) is 10.4. The molecule has 0 aliphatic carbocycles. The molecule has 1 aromatic heterocycles. The number of halogens is 1. The van der Waals surface area contributed by atoms with Gasteiger partial charge in [0.1, 0.15) is 5.82 Å². The van der Waals surface area contributed by atoms with E-state index in [4.69, 9.17) is 0 Å². The molecule has 3 heteroatoms. The van der Waals surface area contributed by atoms with Crippen LogP contribution in [0, 0.1) is 19.7 Å². The van der Waals surface area contributed by atoms with Gasteiger partial charge in [0, 0.05) is 23.9 Å². The van der Waals surface area contributed by atoms with Gasteiger partial charge in [-0.1, -0.05) is 6.07 Å². The Bertz CT molecular complexity index is 576. The quantitative estimate of drug-likeness (QED) is 0.774. The summed E-state index contributed by atoms with van der Waals surface area (Å²) in [4.78, 5) is 16.1. The van der Waals surface area contributed by atoms with E-state index in [2.05, 4.69) is 4.98 Å². The van der Waals surface area contributed by atoms with E-state index in [0.717, 1.165) is 16.8 Å². The molecule has 0 saturated heterocycles. The number of carbonyl (C=O) groups is 1. The van der Waals surface area contributed by atoms with Crippen molar-refractivity contribution in [3.63, 3.8) is 0 Å². The Labute approximate surface area is 105 Å². The molecule has 2 rings (SSSR count). The predicted octanol–water partition coefficient (Wildman–Crippen LogP) is 3.26. The average Bonchev–Trinajstić information content (AvgIpc) is 2.33. The van der Waals surface area contributed by atoms with E-state index in [0.29, 0.717) is 5.56 Å². The Morgan fingerprint density at radius 3 is 2.61 bits per heavy atom. The van der Waals surface area contributed by atoms with E-state index in [1.807, 2.05) is 13.0 Å². The molecule has 0 unspecified atom stereocenters. The van der Waals surface area contributed by atoms with Gasteiger partial charge in [-0.15, -0.1) is 0 Å². The largest absolute Gasteiger partial charge is 0.294 e. The topological polar surface area (TPSA) is 30.0 Å². The van der Waals surface area contributed by atoms with Crippen LogP contribution in [0.3, 0.4) is 0 Å². The van der Waals surface area contributed by atoms with Crippen molar-refractivity contribution in [1.29, 1.82) is 0 Å². The van der Waals surface area contributed by atoms with Crippen LogP contribution in [-0.4, -0.2) is 10.8 Å². The zero-order valence-electron chi connectivity index (χ0n) is 10.4. The molecule has 1 aromatic carbocycles. The van der Waals surface area contributed by atoms with Crippen molar-refractivity contribution in [2.75, 3.05) is 0 Å². The lowest BCUT2D eigenvalue weighted by molar-refractivity contribution is 0.0992. The first kappa shape index (κ1) is 12.4. The Kier molecular flexibility index (Phi) is 3.51. The molecule has 0 aliphatic heterocycles. The van der Waals surface area contributed by atoms with Crippen LogP contribution in [-0.2, 0) is 6.42 Å². The first-order chi connectivity index (χ1) is 8.56. The normalized spacial score (nSPS) is 10.4. The van der Waals surface area contributed by atoms with Gasteiger partial charge in [0.25, 0.3) is 0 Å². The smallest absolute Gasteiger partial charge is 0.168 e. The van der Waals surface area contributed by atoms with Gasteiger partial charge in [0.15, 0.2) is 5.78 Å². The van der Waals surface area contributed by atoms with Gasteiger partial charge in [-0.3, -0.25) is 9.78 Å². The van der Waals surface area contributed by atoms with Gasteiger partial charge >= 0.3 is 0 Å². The summed E-state index contributed by atoms with van der Waals surface area (Å²) < 4.78 is 13.0. The lowest BCUT2D eigenvalue weighted by Gasteiger charge is -2.05. The molecule has 92 valence electrons. The molecule has 0 bridgehead atoms. The maximum absolute atomic E-state index is 13.0. The van der Waals surface area contributed by atoms with Gasteiger partial charge in [-0.25, -0.2) is 4.39 Å². The molecule has 0 radical (unpaired) electrons. The zero-order chi connectivity index (χ0) is 13.1. The molecule has 0 N–H and O–H groups in total. The molecule has 0 aliphatic rings. The second-order valence-corrected chi connectivity index (χ2v) is 4.36. The fourth-order valence-corrected chi connectivity index (χ4v) is 1.77. The highest BCUT2D eigenvalue weighted by Gasteiger charge is 2.09. The fourth-order valence-electron chi connectivity index (χ4n) is 1.77. The number of rotatable bonds is 3. The fraction of sp³-hybridized carbons (Fsp3) is 0.200. The van der Waals surface area contributed by atoms with Crippen LogP contribution in [0.2, 0.25) is 0 Å². The summed E-state index contributed by atoms with van der Waals surface area (Å²) in [7, 11) is 0. The van der Waals surface area contributed by atoms with Crippen molar-refractivity contribution in [2.24, 2.45) is 0 Å². The van der Waals surface area contributed by atoms with Crippen molar-refractivity contribution in [3.05, 3.63) is 64.7 Å². The maximum Gasteiger partial charge on any atom is 0.168 e. The average molecular weight is 243 g/mol. The third-order valence-electron chi connectivity index (χ3n) is 2.89. The lowest BCUT2D eigenvalue weighted by atomic mass is 10.0. The number of benzene rings is 1. The Morgan fingerprint density at radius 1 is 1.22 bits per heavy atom. The third kappa shape index (κ3) is 2.80. The minimum absolute atomic E-state index is 0.00259. The molecule has 0 fully saturated rings. The molecular formula is C15H14FNO. The molecule has 2 aromatic rings. The summed E-state index contributed by atoms with van der Waals surface area (Å²) in [6.45, 7) is 3.68. The van der Waals surface area contributed by atoms with Crippen molar-refractivity contribution >= 4 is 5.78 Å². The maximum atomic E-state index is 13.0. The number of carbonyl (C=O) groups excluding carboxylic acids is 1. The minimum atomic E-state index is -0.277. The van der Waals surface area contributed by atoms with E-state index in [-0.39, 0.29) is 18.0 Å². The minimum Gasteiger partial charge on any atom is -0.294 e. The van der Waals surface area contributed by atoms with Crippen molar-refractivity contribution < 1.29 is 9.18 Å². The molecule has 1 heterocycles. The number of nitrogens with zero attached hydrogens (tertiary/aromatic N) is 1. The molecule has 18 heavy (non-hydrogen) atoms. The van der Waals surface area contributed by atoms with Crippen LogP contribution in [0.25, 0.3) is 0 Å². The van der Waals surface area contributed by atoms with Crippen LogP contribution in [0.15, 0.2) is 36.5 Å². The lowest BCUT2D eigenvalue weighted by Crippen LogP contribution is -2.05. The standard InChI is InChI=1S/C15H14FNO/c1-10-7-14(16)6-5-12(10)8-15(18)13-4-3-11(2)17-9-13/h3-7,9H,8H2,1-2H3. The van der Waals surface area contributed by atoms with E-state index >= 15 is 0 Å². The van der Waals surface area contributed by atoms with E-state index in [9.17, 15) is 9.18 Å². The number of aromatic nitrogens is 1. The summed E-state index contributed by atoms with van der Waals surface area (Å²) in [5, 5.41) is 0. The first-order valence-corrected chi connectivity index (χ1v) is 5.77. The van der Waals surface area contributed by atoms with Crippen molar-refractivity contribution in [1.82, 2.24) is 4.98 Å². The monoisotopic (exact) mass is 243 g/mol. The van der Waals surface area contributed by atoms with Gasteiger partial charge < -0.3 is 0 Å². The summed E-state index contributed by atoms with van der Waals surface area (Å²) in [6, 6.07) is 8.05. The van der Waals surface area contributed by atoms with Crippen LogP contribution in [0.4, 0.5) is 4.39 Å². The van der Waals surface area contributed by atoms with Crippen LogP contribution >= 0.6 is 0 Å². The Morgan fingerprint density at radius 2 is 2.00 bits per heavy atom. The van der Waals surface area contributed by atoms with E-state index in [1.165, 1.54) is 12.1 Å². The second kappa shape index (κ2) is 5.08. The number of hydrogen-bond acceptors (Lipinski definition) is 2. The van der Waals surface area contributed by atoms with Crippen LogP contribution in [0.1, 0.15) is 27.2 Å². The van der Waals surface area contributed by atoms with Crippen LogP contribution in [0.5, 0.6) is 0 Å². The highest BCUT2D eigenvalue weighted by molar-refractivity contribution is 5.97. The molecule has 0 atom stereocenters. The van der Waals surface area contributed by atoms with E-state index < -0.39 is 0 Å². The van der Waals surface area contributed by atoms with Crippen molar-refractivity contribution in [2.45, 2.75) is 20.3 Å². The second-order valence-electron chi connectivity index (χ2n) is 4.36. The molecule has 0 amide bonds. The highest BCUT2D eigenvalue weighted by atomic mass is 19.1. The molecular weight excluding hydrogens is 229 g/mol. The SMILES string of the molecule is Cc1ccc(C(=O)Cc2ccc(F)cc2C)cn1. The Balaban J connectivity index is 2.18. The molecule has 0 spiro atoms. The molecule has 2 nitrogen and oxygen atoms in total. The number of ketones is 1.